The summed E-state index contributed by atoms with van der Waals surface area (Å²) in [6.45, 7) is 0.653. The van der Waals surface area contributed by atoms with Gasteiger partial charge < -0.3 is 0 Å². The van der Waals surface area contributed by atoms with E-state index in [1.807, 2.05) is 22.9 Å². The van der Waals surface area contributed by atoms with Gasteiger partial charge in [0.15, 0.2) is 0 Å². The van der Waals surface area contributed by atoms with Crippen molar-refractivity contribution >= 4 is 10.0 Å². The molecule has 0 radical (unpaired) electrons. The van der Waals surface area contributed by atoms with Gasteiger partial charge in [0.1, 0.15) is 12.1 Å². The number of rotatable bonds is 5. The Kier molecular flexibility index (Phi) is 4.26. The van der Waals surface area contributed by atoms with Gasteiger partial charge in [0.25, 0.3) is 0 Å². The molecule has 1 unspecified atom stereocenters. The van der Waals surface area contributed by atoms with E-state index in [9.17, 15) is 8.42 Å². The maximum absolute atomic E-state index is 11.8. The molecule has 7 heteroatoms. The van der Waals surface area contributed by atoms with Crippen LogP contribution < -0.4 is 0 Å². The first-order valence-electron chi connectivity index (χ1n) is 7.44. The van der Waals surface area contributed by atoms with Gasteiger partial charge in [-0.3, -0.25) is 4.57 Å². The van der Waals surface area contributed by atoms with Crippen LogP contribution in [0.2, 0.25) is 0 Å². The summed E-state index contributed by atoms with van der Waals surface area (Å²) in [7, 11) is -3.09. The molecule has 1 fully saturated rings. The second kappa shape index (κ2) is 6.18. The highest BCUT2D eigenvalue weighted by molar-refractivity contribution is 7.88. The van der Waals surface area contributed by atoms with Crippen molar-refractivity contribution in [2.75, 3.05) is 12.8 Å². The van der Waals surface area contributed by atoms with Gasteiger partial charge in [-0.05, 0) is 43.4 Å². The average molecular weight is 320 g/mol. The highest BCUT2D eigenvalue weighted by Gasteiger charge is 2.30. The van der Waals surface area contributed by atoms with Gasteiger partial charge in [0, 0.05) is 31.2 Å². The predicted octanol–water partition coefficient (Wildman–Crippen LogP) is 1.62. The Balaban J connectivity index is 1.68. The van der Waals surface area contributed by atoms with Crippen molar-refractivity contribution in [3.63, 3.8) is 0 Å². The standard InChI is InChI=1S/C15H20N4O2S/c1-22(20,21)19-9-2-3-14(19)5-4-13-6-7-17-15(11-13)18-10-8-16-12-18/h6-8,10-12,14H,2-5,9H2,1H3. The molecule has 2 aromatic heterocycles. The zero-order valence-electron chi connectivity index (χ0n) is 12.6. The summed E-state index contributed by atoms with van der Waals surface area (Å²) in [4.78, 5) is 8.36. The molecule has 1 aliphatic heterocycles. The third-order valence-electron chi connectivity index (χ3n) is 4.09. The lowest BCUT2D eigenvalue weighted by molar-refractivity contribution is 0.373. The molecule has 22 heavy (non-hydrogen) atoms. The Morgan fingerprint density at radius 2 is 2.23 bits per heavy atom. The number of imidazole rings is 1. The summed E-state index contributed by atoms with van der Waals surface area (Å²) >= 11 is 0. The van der Waals surface area contributed by atoms with Gasteiger partial charge in [-0.15, -0.1) is 0 Å². The summed E-state index contributed by atoms with van der Waals surface area (Å²) < 4.78 is 27.0. The summed E-state index contributed by atoms with van der Waals surface area (Å²) in [6, 6.07) is 4.14. The van der Waals surface area contributed by atoms with Crippen LogP contribution in [-0.2, 0) is 16.4 Å². The first-order valence-corrected chi connectivity index (χ1v) is 9.29. The van der Waals surface area contributed by atoms with Gasteiger partial charge in [-0.1, -0.05) is 0 Å². The molecule has 0 saturated carbocycles. The summed E-state index contributed by atoms with van der Waals surface area (Å²) in [5.74, 6) is 0.835. The summed E-state index contributed by atoms with van der Waals surface area (Å²) in [5, 5.41) is 0. The maximum Gasteiger partial charge on any atom is 0.211 e. The van der Waals surface area contributed by atoms with E-state index in [-0.39, 0.29) is 6.04 Å². The fraction of sp³-hybridized carbons (Fsp3) is 0.467. The molecule has 2 aromatic rings. The third kappa shape index (κ3) is 3.36. The third-order valence-corrected chi connectivity index (χ3v) is 5.43. The lowest BCUT2D eigenvalue weighted by Crippen LogP contribution is -2.34. The summed E-state index contributed by atoms with van der Waals surface area (Å²) in [6.07, 6.45) is 12.0. The van der Waals surface area contributed by atoms with Crippen LogP contribution in [0.25, 0.3) is 5.82 Å². The van der Waals surface area contributed by atoms with Crippen LogP contribution >= 0.6 is 0 Å². The van der Waals surface area contributed by atoms with Crippen LogP contribution in [0.15, 0.2) is 37.1 Å². The highest BCUT2D eigenvalue weighted by atomic mass is 32.2. The molecule has 0 spiro atoms. The minimum absolute atomic E-state index is 0.125. The smallest absolute Gasteiger partial charge is 0.211 e. The van der Waals surface area contributed by atoms with Crippen molar-refractivity contribution in [2.45, 2.75) is 31.7 Å². The Morgan fingerprint density at radius 3 is 2.95 bits per heavy atom. The number of hydrogen-bond acceptors (Lipinski definition) is 4. The minimum Gasteiger partial charge on any atom is -0.291 e. The molecule has 118 valence electrons. The second-order valence-electron chi connectivity index (χ2n) is 5.70. The van der Waals surface area contributed by atoms with Crippen LogP contribution in [0, 0.1) is 0 Å². The normalized spacial score (nSPS) is 19.6. The van der Waals surface area contributed by atoms with Crippen molar-refractivity contribution in [3.05, 3.63) is 42.6 Å². The molecule has 6 nitrogen and oxygen atoms in total. The van der Waals surface area contributed by atoms with Crippen LogP contribution in [-0.4, -0.2) is 46.1 Å². The Labute approximate surface area is 130 Å². The molecule has 0 amide bonds. The molecule has 0 bridgehead atoms. The zero-order valence-corrected chi connectivity index (χ0v) is 13.4. The SMILES string of the molecule is CS(=O)(=O)N1CCCC1CCc1ccnc(-n2ccnc2)c1. The molecule has 0 aliphatic carbocycles. The molecular formula is C15H20N4O2S. The van der Waals surface area contributed by atoms with Crippen LogP contribution in [0.1, 0.15) is 24.8 Å². The van der Waals surface area contributed by atoms with E-state index in [1.54, 1.807) is 23.0 Å². The molecule has 3 rings (SSSR count). The molecule has 1 aliphatic rings. The Bertz CT molecular complexity index is 728. The van der Waals surface area contributed by atoms with Crippen LogP contribution in [0.3, 0.4) is 0 Å². The fourth-order valence-corrected chi connectivity index (χ4v) is 4.23. The average Bonchev–Trinajstić information content (AvgIpc) is 3.16. The van der Waals surface area contributed by atoms with E-state index < -0.39 is 10.0 Å². The predicted molar refractivity (Wildman–Crippen MR) is 84.3 cm³/mol. The second-order valence-corrected chi connectivity index (χ2v) is 7.64. The molecule has 3 heterocycles. The largest absolute Gasteiger partial charge is 0.291 e. The number of nitrogens with zero attached hydrogens (tertiary/aromatic N) is 4. The Morgan fingerprint density at radius 1 is 1.36 bits per heavy atom. The van der Waals surface area contributed by atoms with Crippen molar-refractivity contribution < 1.29 is 8.42 Å². The van der Waals surface area contributed by atoms with Crippen LogP contribution in [0.4, 0.5) is 0 Å². The lowest BCUT2D eigenvalue weighted by Gasteiger charge is -2.22. The van der Waals surface area contributed by atoms with Gasteiger partial charge in [-0.2, -0.15) is 4.31 Å². The Hall–Kier alpha value is -1.73. The maximum atomic E-state index is 11.8. The van der Waals surface area contributed by atoms with Gasteiger partial charge in [0.05, 0.1) is 6.26 Å². The number of sulfonamides is 1. The first-order chi connectivity index (χ1) is 10.5. The van der Waals surface area contributed by atoms with E-state index in [4.69, 9.17) is 0 Å². The molecule has 0 N–H and O–H groups in total. The molecule has 1 saturated heterocycles. The lowest BCUT2D eigenvalue weighted by atomic mass is 10.1. The van der Waals surface area contributed by atoms with E-state index in [0.717, 1.165) is 31.5 Å². The quantitative estimate of drug-likeness (QED) is 0.839. The molecular weight excluding hydrogens is 300 g/mol. The van der Waals surface area contributed by atoms with Gasteiger partial charge >= 0.3 is 0 Å². The van der Waals surface area contributed by atoms with Crippen molar-refractivity contribution in [1.82, 2.24) is 18.8 Å². The van der Waals surface area contributed by atoms with Gasteiger partial charge in [0.2, 0.25) is 10.0 Å². The number of pyridine rings is 1. The molecule has 1 atom stereocenters. The number of aromatic nitrogens is 3. The van der Waals surface area contributed by atoms with E-state index in [2.05, 4.69) is 9.97 Å². The highest BCUT2D eigenvalue weighted by Crippen LogP contribution is 2.24. The van der Waals surface area contributed by atoms with E-state index in [0.29, 0.717) is 6.54 Å². The van der Waals surface area contributed by atoms with Crippen molar-refractivity contribution in [3.8, 4) is 5.82 Å². The first kappa shape index (κ1) is 15.2. The summed E-state index contributed by atoms with van der Waals surface area (Å²) in [5.41, 5.74) is 1.17. The van der Waals surface area contributed by atoms with Crippen molar-refractivity contribution in [2.24, 2.45) is 0 Å². The zero-order chi connectivity index (χ0) is 15.6. The van der Waals surface area contributed by atoms with E-state index >= 15 is 0 Å². The topological polar surface area (TPSA) is 68.1 Å². The van der Waals surface area contributed by atoms with Gasteiger partial charge in [-0.25, -0.2) is 18.4 Å². The van der Waals surface area contributed by atoms with Crippen molar-refractivity contribution in [1.29, 1.82) is 0 Å². The number of aryl methyl sites for hydroxylation is 1. The minimum atomic E-state index is -3.09. The van der Waals surface area contributed by atoms with E-state index in [1.165, 1.54) is 11.8 Å². The molecule has 0 aromatic carbocycles. The monoisotopic (exact) mass is 320 g/mol. The fourth-order valence-electron chi connectivity index (χ4n) is 3.02. The van der Waals surface area contributed by atoms with Crippen LogP contribution in [0.5, 0.6) is 0 Å². The number of hydrogen-bond donors (Lipinski definition) is 0.